The Bertz CT molecular complexity index is 1140. The molecule has 0 radical (unpaired) electrons. The standard InChI is InChI=1S/C29H43N7O3S/c1-4-36-24(14-15-31-36)27(37)33-40-26(22-8-6-5-7-9-22)28(38)32-23-12-10-21(11-13-23)20(2)25(30)29(39)35-18-16-34(3)17-19-35/h10-15,20,22,25-26H,4-9,16-19,30H2,1-3H3,(H,32,38)(H,33,37)/t20-,25+,26-/m0/s1. The Kier molecular flexibility index (Phi) is 10.6. The molecular formula is C29H43N7O3S. The third-order valence-corrected chi connectivity index (χ3v) is 9.36. The summed E-state index contributed by atoms with van der Waals surface area (Å²) in [6.45, 7) is 7.60. The average Bonchev–Trinajstić information content (AvgIpc) is 3.47. The van der Waals surface area contributed by atoms with Crippen LogP contribution in [-0.2, 0) is 16.1 Å². The number of hydrogen-bond donors (Lipinski definition) is 3. The first kappa shape index (κ1) is 30.1. The van der Waals surface area contributed by atoms with Crippen molar-refractivity contribution >= 4 is 35.4 Å². The van der Waals surface area contributed by atoms with E-state index in [4.69, 9.17) is 5.73 Å². The van der Waals surface area contributed by atoms with E-state index in [2.05, 4.69) is 27.1 Å². The van der Waals surface area contributed by atoms with Crippen LogP contribution in [0.25, 0.3) is 0 Å². The third kappa shape index (κ3) is 7.44. The second-order valence-electron chi connectivity index (χ2n) is 11.0. The molecule has 2 aromatic rings. The Morgan fingerprint density at radius 2 is 1.73 bits per heavy atom. The van der Waals surface area contributed by atoms with Crippen molar-refractivity contribution < 1.29 is 14.4 Å². The highest BCUT2D eigenvalue weighted by molar-refractivity contribution is 7.99. The number of nitrogens with one attached hydrogen (secondary N) is 2. The van der Waals surface area contributed by atoms with Gasteiger partial charge in [-0.2, -0.15) is 5.10 Å². The molecule has 0 unspecified atom stereocenters. The van der Waals surface area contributed by atoms with E-state index in [-0.39, 0.29) is 29.6 Å². The molecule has 3 amide bonds. The number of benzene rings is 1. The summed E-state index contributed by atoms with van der Waals surface area (Å²) in [6.07, 6.45) is 6.88. The molecule has 2 heterocycles. The predicted molar refractivity (Wildman–Crippen MR) is 159 cm³/mol. The minimum Gasteiger partial charge on any atom is -0.339 e. The lowest BCUT2D eigenvalue weighted by Gasteiger charge is -2.35. The Hall–Kier alpha value is -2.89. The summed E-state index contributed by atoms with van der Waals surface area (Å²) in [4.78, 5) is 43.3. The molecule has 0 spiro atoms. The van der Waals surface area contributed by atoms with Crippen molar-refractivity contribution in [3.05, 3.63) is 47.8 Å². The van der Waals surface area contributed by atoms with Crippen molar-refractivity contribution in [1.29, 1.82) is 0 Å². The number of rotatable bonds is 10. The van der Waals surface area contributed by atoms with Crippen LogP contribution in [0.2, 0.25) is 0 Å². The molecule has 0 bridgehead atoms. The van der Waals surface area contributed by atoms with Gasteiger partial charge >= 0.3 is 0 Å². The minimum absolute atomic E-state index is 0.0191. The van der Waals surface area contributed by atoms with Gasteiger partial charge in [0.15, 0.2) is 0 Å². The highest BCUT2D eigenvalue weighted by Crippen LogP contribution is 2.33. The van der Waals surface area contributed by atoms with E-state index in [1.165, 1.54) is 18.4 Å². The van der Waals surface area contributed by atoms with Crippen molar-refractivity contribution in [2.24, 2.45) is 11.7 Å². The van der Waals surface area contributed by atoms with Crippen molar-refractivity contribution in [3.63, 3.8) is 0 Å². The van der Waals surface area contributed by atoms with E-state index < -0.39 is 11.3 Å². The zero-order valence-electron chi connectivity index (χ0n) is 23.8. The topological polar surface area (TPSA) is 126 Å². The molecule has 40 heavy (non-hydrogen) atoms. The fraction of sp³-hybridized carbons (Fsp3) is 0.586. The molecule has 2 fully saturated rings. The smallest absolute Gasteiger partial charge is 0.279 e. The molecule has 1 saturated carbocycles. The zero-order chi connectivity index (χ0) is 28.6. The number of likely N-dealkylation sites (N-methyl/N-ethyl adjacent to an activating group) is 1. The Labute approximate surface area is 241 Å². The van der Waals surface area contributed by atoms with Crippen molar-refractivity contribution in [2.75, 3.05) is 38.5 Å². The van der Waals surface area contributed by atoms with E-state index in [0.29, 0.717) is 31.0 Å². The summed E-state index contributed by atoms with van der Waals surface area (Å²) >= 11 is 1.20. The Morgan fingerprint density at radius 3 is 2.38 bits per heavy atom. The number of carbonyl (C=O) groups excluding carboxylic acids is 3. The number of nitrogens with zero attached hydrogens (tertiary/aromatic N) is 4. The molecule has 1 aromatic carbocycles. The van der Waals surface area contributed by atoms with E-state index >= 15 is 0 Å². The van der Waals surface area contributed by atoms with E-state index in [1.807, 2.05) is 43.0 Å². The molecule has 4 N–H and O–H groups in total. The first-order chi connectivity index (χ1) is 19.3. The van der Waals surface area contributed by atoms with Crippen LogP contribution in [0.3, 0.4) is 0 Å². The van der Waals surface area contributed by atoms with Crippen LogP contribution in [0, 0.1) is 5.92 Å². The summed E-state index contributed by atoms with van der Waals surface area (Å²) in [5.74, 6) is -0.362. The van der Waals surface area contributed by atoms with Crippen molar-refractivity contribution in [3.8, 4) is 0 Å². The first-order valence-electron chi connectivity index (χ1n) is 14.4. The monoisotopic (exact) mass is 569 g/mol. The SMILES string of the molecule is CCn1nccc1C(=O)NS[C@H](C(=O)Nc1ccc([C@H](C)[C@@H](N)C(=O)N2CCN(C)CC2)cc1)C1CCCCC1. The van der Waals surface area contributed by atoms with Crippen LogP contribution in [0.5, 0.6) is 0 Å². The van der Waals surface area contributed by atoms with Gasteiger partial charge in [-0.1, -0.05) is 38.3 Å². The molecule has 1 aliphatic heterocycles. The highest BCUT2D eigenvalue weighted by atomic mass is 32.2. The summed E-state index contributed by atoms with van der Waals surface area (Å²) < 4.78 is 4.54. The van der Waals surface area contributed by atoms with Gasteiger partial charge in [0, 0.05) is 50.5 Å². The maximum absolute atomic E-state index is 13.5. The number of nitrogens with two attached hydrogens (primary N) is 1. The minimum atomic E-state index is -0.622. The summed E-state index contributed by atoms with van der Waals surface area (Å²) in [7, 11) is 2.06. The lowest BCUT2D eigenvalue weighted by Crippen LogP contribution is -2.53. The highest BCUT2D eigenvalue weighted by Gasteiger charge is 2.32. The van der Waals surface area contributed by atoms with Gasteiger partial charge in [-0.05, 0) is 68.4 Å². The second-order valence-corrected chi connectivity index (χ2v) is 11.9. The predicted octanol–water partition coefficient (Wildman–Crippen LogP) is 3.07. The fourth-order valence-corrected chi connectivity index (χ4v) is 6.46. The third-order valence-electron chi connectivity index (χ3n) is 8.21. The number of amides is 3. The lowest BCUT2D eigenvalue weighted by atomic mass is 9.86. The zero-order valence-corrected chi connectivity index (χ0v) is 24.7. The van der Waals surface area contributed by atoms with Gasteiger partial charge in [0.1, 0.15) is 10.9 Å². The quantitative estimate of drug-likeness (QED) is 0.376. The molecule has 2 aliphatic rings. The van der Waals surface area contributed by atoms with E-state index in [9.17, 15) is 14.4 Å². The van der Waals surface area contributed by atoms with E-state index in [1.54, 1.807) is 16.9 Å². The summed E-state index contributed by atoms with van der Waals surface area (Å²) in [5.41, 5.74) is 8.50. The van der Waals surface area contributed by atoms with Gasteiger partial charge in [0.25, 0.3) is 5.91 Å². The maximum Gasteiger partial charge on any atom is 0.279 e. The van der Waals surface area contributed by atoms with Crippen LogP contribution in [0.4, 0.5) is 5.69 Å². The van der Waals surface area contributed by atoms with Gasteiger partial charge in [-0.3, -0.25) is 23.8 Å². The van der Waals surface area contributed by atoms with Crippen LogP contribution in [0.1, 0.15) is 67.9 Å². The first-order valence-corrected chi connectivity index (χ1v) is 15.3. The Morgan fingerprint density at radius 1 is 1.05 bits per heavy atom. The molecule has 1 aliphatic carbocycles. The van der Waals surface area contributed by atoms with Crippen molar-refractivity contribution in [2.45, 2.75) is 69.7 Å². The summed E-state index contributed by atoms with van der Waals surface area (Å²) in [5, 5.41) is 6.81. The largest absolute Gasteiger partial charge is 0.339 e. The molecule has 1 aromatic heterocycles. The molecule has 1 saturated heterocycles. The normalized spacial score (nSPS) is 19.1. The van der Waals surface area contributed by atoms with Gasteiger partial charge < -0.3 is 20.9 Å². The fourth-order valence-electron chi connectivity index (χ4n) is 5.49. The van der Waals surface area contributed by atoms with Crippen LogP contribution < -0.4 is 15.8 Å². The number of carbonyl (C=O) groups is 3. The number of anilines is 1. The molecule has 10 nitrogen and oxygen atoms in total. The number of piperazine rings is 1. The van der Waals surface area contributed by atoms with Crippen molar-refractivity contribution in [1.82, 2.24) is 24.3 Å². The van der Waals surface area contributed by atoms with Crippen LogP contribution in [0.15, 0.2) is 36.5 Å². The lowest BCUT2D eigenvalue weighted by molar-refractivity contribution is -0.134. The van der Waals surface area contributed by atoms with Gasteiger partial charge in [0.05, 0.1) is 6.04 Å². The van der Waals surface area contributed by atoms with E-state index in [0.717, 1.165) is 44.3 Å². The van der Waals surface area contributed by atoms with Crippen LogP contribution >= 0.6 is 11.9 Å². The summed E-state index contributed by atoms with van der Waals surface area (Å²) in [6, 6.07) is 8.63. The number of hydrogen-bond acceptors (Lipinski definition) is 7. The number of aryl methyl sites for hydroxylation is 1. The molecule has 4 rings (SSSR count). The molecular weight excluding hydrogens is 526 g/mol. The number of aromatic nitrogens is 2. The average molecular weight is 570 g/mol. The molecule has 3 atom stereocenters. The molecule has 11 heteroatoms. The van der Waals surface area contributed by atoms with Gasteiger partial charge in [-0.25, -0.2) is 0 Å². The van der Waals surface area contributed by atoms with Crippen LogP contribution in [-0.4, -0.2) is 81.8 Å². The second kappa shape index (κ2) is 14.1. The van der Waals surface area contributed by atoms with Gasteiger partial charge in [0.2, 0.25) is 11.8 Å². The van der Waals surface area contributed by atoms with Gasteiger partial charge in [-0.15, -0.1) is 0 Å². The Balaban J connectivity index is 1.37. The maximum atomic E-state index is 13.5. The molecule has 218 valence electrons.